The number of nitrogens with one attached hydrogen (secondary N) is 1. The van der Waals surface area contributed by atoms with Gasteiger partial charge in [0.1, 0.15) is 6.07 Å². The van der Waals surface area contributed by atoms with Gasteiger partial charge in [0.05, 0.1) is 10.5 Å². The summed E-state index contributed by atoms with van der Waals surface area (Å²) in [7, 11) is -3.81. The van der Waals surface area contributed by atoms with Crippen molar-refractivity contribution in [2.24, 2.45) is 0 Å². The third-order valence-electron chi connectivity index (χ3n) is 5.32. The second kappa shape index (κ2) is 8.49. The maximum atomic E-state index is 13.4. The van der Waals surface area contributed by atoms with Crippen LogP contribution in [0.3, 0.4) is 0 Å². The molecule has 1 saturated heterocycles. The standard InChI is InChI=1S/C23H20ClN3O2S/c24-19-10-6-11-20(13-19)26-22-16-27(15-21(22)17-7-2-1-3-8-17)30(28,29)23-12-5-4-9-18(23)14-25/h1-13,21-22,26H,15-16H2. The highest BCUT2D eigenvalue weighted by Gasteiger charge is 2.40. The van der Waals surface area contributed by atoms with E-state index in [0.29, 0.717) is 11.6 Å². The van der Waals surface area contributed by atoms with Gasteiger partial charge in [-0.1, -0.05) is 60.1 Å². The van der Waals surface area contributed by atoms with E-state index in [4.69, 9.17) is 11.6 Å². The quantitative estimate of drug-likeness (QED) is 0.638. The van der Waals surface area contributed by atoms with Gasteiger partial charge in [0.2, 0.25) is 10.0 Å². The first-order chi connectivity index (χ1) is 14.5. The number of rotatable bonds is 5. The summed E-state index contributed by atoms with van der Waals surface area (Å²) in [5.41, 5.74) is 2.05. The molecule has 30 heavy (non-hydrogen) atoms. The minimum Gasteiger partial charge on any atom is -0.380 e. The average Bonchev–Trinajstić information content (AvgIpc) is 3.19. The van der Waals surface area contributed by atoms with Crippen molar-refractivity contribution >= 4 is 27.3 Å². The van der Waals surface area contributed by atoms with Gasteiger partial charge in [0.25, 0.3) is 0 Å². The molecule has 2 unspecified atom stereocenters. The molecule has 0 amide bonds. The maximum absolute atomic E-state index is 13.4. The van der Waals surface area contributed by atoms with Crippen molar-refractivity contribution in [2.45, 2.75) is 16.9 Å². The Bertz CT molecular complexity index is 1190. The van der Waals surface area contributed by atoms with E-state index in [2.05, 4.69) is 5.32 Å². The molecular formula is C23H20ClN3O2S. The van der Waals surface area contributed by atoms with E-state index in [1.165, 1.54) is 16.4 Å². The lowest BCUT2D eigenvalue weighted by Crippen LogP contribution is -2.32. The molecule has 1 aliphatic rings. The summed E-state index contributed by atoms with van der Waals surface area (Å²) in [6.07, 6.45) is 0. The lowest BCUT2D eigenvalue weighted by molar-refractivity contribution is 0.471. The Morgan fingerprint density at radius 2 is 1.70 bits per heavy atom. The van der Waals surface area contributed by atoms with Gasteiger partial charge in [-0.15, -0.1) is 0 Å². The van der Waals surface area contributed by atoms with Crippen LogP contribution >= 0.6 is 11.6 Å². The predicted octanol–water partition coefficient (Wildman–Crippen LogP) is 4.48. The summed E-state index contributed by atoms with van der Waals surface area (Å²) >= 11 is 6.12. The van der Waals surface area contributed by atoms with Gasteiger partial charge < -0.3 is 5.32 Å². The Morgan fingerprint density at radius 3 is 2.43 bits per heavy atom. The first kappa shape index (κ1) is 20.4. The Labute approximate surface area is 181 Å². The minimum atomic E-state index is -3.81. The predicted molar refractivity (Wildman–Crippen MR) is 118 cm³/mol. The molecule has 1 N–H and O–H groups in total. The smallest absolute Gasteiger partial charge is 0.244 e. The van der Waals surface area contributed by atoms with E-state index >= 15 is 0 Å². The molecule has 152 valence electrons. The third kappa shape index (κ3) is 4.05. The molecule has 1 fully saturated rings. The summed E-state index contributed by atoms with van der Waals surface area (Å²) in [6.45, 7) is 0.610. The summed E-state index contributed by atoms with van der Waals surface area (Å²) in [5, 5.41) is 13.4. The summed E-state index contributed by atoms with van der Waals surface area (Å²) < 4.78 is 28.2. The zero-order valence-corrected chi connectivity index (χ0v) is 17.6. The van der Waals surface area contributed by atoms with Crippen LogP contribution in [0.1, 0.15) is 17.0 Å². The molecule has 0 aliphatic carbocycles. The van der Waals surface area contributed by atoms with Gasteiger partial charge in [-0.3, -0.25) is 0 Å². The van der Waals surface area contributed by atoms with Gasteiger partial charge >= 0.3 is 0 Å². The Balaban J connectivity index is 1.69. The monoisotopic (exact) mass is 437 g/mol. The highest BCUT2D eigenvalue weighted by Crippen LogP contribution is 2.34. The van der Waals surface area contributed by atoms with Crippen LogP contribution in [0.4, 0.5) is 5.69 Å². The van der Waals surface area contributed by atoms with Gasteiger partial charge in [-0.2, -0.15) is 9.57 Å². The van der Waals surface area contributed by atoms with Crippen LogP contribution in [0.2, 0.25) is 5.02 Å². The van der Waals surface area contributed by atoms with Gasteiger partial charge in [-0.05, 0) is 35.9 Å². The molecule has 3 aromatic rings. The zero-order chi connectivity index (χ0) is 21.1. The van der Waals surface area contributed by atoms with Crippen LogP contribution in [0, 0.1) is 11.3 Å². The van der Waals surface area contributed by atoms with Crippen molar-refractivity contribution in [2.75, 3.05) is 18.4 Å². The number of nitrogens with zero attached hydrogens (tertiary/aromatic N) is 2. The van der Waals surface area contributed by atoms with E-state index in [1.54, 1.807) is 18.2 Å². The van der Waals surface area contributed by atoms with Crippen LogP contribution < -0.4 is 5.32 Å². The van der Waals surface area contributed by atoms with Gasteiger partial charge in [0.15, 0.2) is 0 Å². The molecule has 2 atom stereocenters. The number of hydrogen-bond donors (Lipinski definition) is 1. The zero-order valence-electron chi connectivity index (χ0n) is 16.1. The van der Waals surface area contributed by atoms with Crippen molar-refractivity contribution in [3.8, 4) is 6.07 Å². The molecule has 5 nitrogen and oxygen atoms in total. The molecule has 4 rings (SSSR count). The highest BCUT2D eigenvalue weighted by molar-refractivity contribution is 7.89. The fourth-order valence-electron chi connectivity index (χ4n) is 3.86. The topological polar surface area (TPSA) is 73.2 Å². The van der Waals surface area contributed by atoms with E-state index < -0.39 is 10.0 Å². The lowest BCUT2D eigenvalue weighted by Gasteiger charge is -2.21. The molecule has 1 heterocycles. The Kier molecular flexibility index (Phi) is 5.78. The minimum absolute atomic E-state index is 0.0442. The molecule has 0 radical (unpaired) electrons. The van der Waals surface area contributed by atoms with E-state index in [9.17, 15) is 13.7 Å². The lowest BCUT2D eigenvalue weighted by atomic mass is 9.94. The molecule has 1 aliphatic heterocycles. The molecule has 0 spiro atoms. The molecule has 7 heteroatoms. The number of hydrogen-bond acceptors (Lipinski definition) is 4. The van der Waals surface area contributed by atoms with E-state index in [-0.39, 0.29) is 29.0 Å². The average molecular weight is 438 g/mol. The number of halogens is 1. The first-order valence-electron chi connectivity index (χ1n) is 9.55. The number of nitriles is 1. The summed E-state index contributed by atoms with van der Waals surface area (Å²) in [6, 6.07) is 25.4. The SMILES string of the molecule is N#Cc1ccccc1S(=O)(=O)N1CC(Nc2cccc(Cl)c2)C(c2ccccc2)C1. The van der Waals surface area contributed by atoms with Crippen LogP contribution in [-0.4, -0.2) is 31.9 Å². The molecular weight excluding hydrogens is 418 g/mol. The fourth-order valence-corrected chi connectivity index (χ4v) is 5.69. The molecule has 0 aromatic heterocycles. The highest BCUT2D eigenvalue weighted by atomic mass is 35.5. The second-order valence-electron chi connectivity index (χ2n) is 7.21. The van der Waals surface area contributed by atoms with Crippen molar-refractivity contribution < 1.29 is 8.42 Å². The van der Waals surface area contributed by atoms with Crippen LogP contribution in [-0.2, 0) is 10.0 Å². The van der Waals surface area contributed by atoms with Crippen LogP contribution in [0.25, 0.3) is 0 Å². The van der Waals surface area contributed by atoms with Crippen molar-refractivity contribution in [3.05, 3.63) is 95.0 Å². The third-order valence-corrected chi connectivity index (χ3v) is 7.44. The van der Waals surface area contributed by atoms with Crippen molar-refractivity contribution in [1.82, 2.24) is 4.31 Å². The van der Waals surface area contributed by atoms with Gasteiger partial charge in [-0.25, -0.2) is 8.42 Å². The van der Waals surface area contributed by atoms with E-state index in [0.717, 1.165) is 11.3 Å². The fraction of sp³-hybridized carbons (Fsp3) is 0.174. The Morgan fingerprint density at radius 1 is 0.967 bits per heavy atom. The van der Waals surface area contributed by atoms with E-state index in [1.807, 2.05) is 54.6 Å². The molecule has 3 aromatic carbocycles. The van der Waals surface area contributed by atoms with Crippen molar-refractivity contribution in [3.63, 3.8) is 0 Å². The maximum Gasteiger partial charge on any atom is 0.244 e. The van der Waals surface area contributed by atoms with Crippen molar-refractivity contribution in [1.29, 1.82) is 5.26 Å². The number of benzene rings is 3. The Hall–Kier alpha value is -2.85. The molecule has 0 saturated carbocycles. The van der Waals surface area contributed by atoms with Crippen LogP contribution in [0.15, 0.2) is 83.8 Å². The second-order valence-corrected chi connectivity index (χ2v) is 9.55. The number of anilines is 1. The number of sulfonamides is 1. The summed E-state index contributed by atoms with van der Waals surface area (Å²) in [5.74, 6) is -0.0470. The normalized spacial score (nSPS) is 19.3. The largest absolute Gasteiger partial charge is 0.380 e. The summed E-state index contributed by atoms with van der Waals surface area (Å²) in [4.78, 5) is 0.0442. The molecule has 0 bridgehead atoms. The van der Waals surface area contributed by atoms with Crippen LogP contribution in [0.5, 0.6) is 0 Å². The first-order valence-corrected chi connectivity index (χ1v) is 11.4. The van der Waals surface area contributed by atoms with Gasteiger partial charge in [0, 0.05) is 35.8 Å².